The number of nitrogens with two attached hydrogens (primary N) is 1. The number of benzene rings is 1. The Morgan fingerprint density at radius 2 is 2.00 bits per heavy atom. The molecule has 8 heteroatoms. The summed E-state index contributed by atoms with van der Waals surface area (Å²) in [6.45, 7) is -0.119. The monoisotopic (exact) mass is 306 g/mol. The lowest BCUT2D eigenvalue weighted by Crippen LogP contribution is -2.18. The maximum atomic E-state index is 13.4. The molecule has 2 aromatic rings. The standard InChI is InChI=1S/C14H12F2N4O2/c15-11-2-1-3-12(16)10(11)4-5-14(22)19-9-6-18-20(7-9)8-13(17)21/h1-7H,8H2,(H2,17,21)(H,19,22)/b5-4-. The summed E-state index contributed by atoms with van der Waals surface area (Å²) in [5.41, 5.74) is 5.03. The Morgan fingerprint density at radius 3 is 2.64 bits per heavy atom. The third-order valence-electron chi connectivity index (χ3n) is 2.62. The van der Waals surface area contributed by atoms with Crippen molar-refractivity contribution >= 4 is 23.6 Å². The van der Waals surface area contributed by atoms with Crippen molar-refractivity contribution in [1.29, 1.82) is 0 Å². The van der Waals surface area contributed by atoms with Crippen molar-refractivity contribution in [2.45, 2.75) is 6.54 Å². The number of hydrogen-bond acceptors (Lipinski definition) is 3. The molecule has 0 bridgehead atoms. The van der Waals surface area contributed by atoms with Crippen LogP contribution in [0.25, 0.3) is 6.08 Å². The van der Waals surface area contributed by atoms with Gasteiger partial charge in [0.05, 0.1) is 11.9 Å². The number of amides is 2. The van der Waals surface area contributed by atoms with E-state index in [0.717, 1.165) is 24.3 Å². The van der Waals surface area contributed by atoms with Crippen molar-refractivity contribution in [2.24, 2.45) is 5.73 Å². The molecule has 0 spiro atoms. The molecule has 2 amide bonds. The molecule has 0 aliphatic rings. The van der Waals surface area contributed by atoms with Crippen LogP contribution in [0.5, 0.6) is 0 Å². The van der Waals surface area contributed by atoms with Crippen LogP contribution in [0.15, 0.2) is 36.7 Å². The van der Waals surface area contributed by atoms with Crippen LogP contribution in [0.1, 0.15) is 5.56 Å². The average Bonchev–Trinajstić information content (AvgIpc) is 2.84. The Labute approximate surface area is 124 Å². The van der Waals surface area contributed by atoms with E-state index in [9.17, 15) is 18.4 Å². The average molecular weight is 306 g/mol. The molecule has 0 aliphatic carbocycles. The number of primary amides is 1. The van der Waals surface area contributed by atoms with Crippen molar-refractivity contribution in [3.8, 4) is 0 Å². The first-order chi connectivity index (χ1) is 10.5. The fourth-order valence-corrected chi connectivity index (χ4v) is 1.69. The van der Waals surface area contributed by atoms with Gasteiger partial charge in [-0.25, -0.2) is 8.78 Å². The van der Waals surface area contributed by atoms with Crippen LogP contribution >= 0.6 is 0 Å². The van der Waals surface area contributed by atoms with Gasteiger partial charge in [-0.3, -0.25) is 14.3 Å². The summed E-state index contributed by atoms with van der Waals surface area (Å²) >= 11 is 0. The largest absolute Gasteiger partial charge is 0.368 e. The van der Waals surface area contributed by atoms with Crippen molar-refractivity contribution in [2.75, 3.05) is 5.32 Å². The van der Waals surface area contributed by atoms with Gasteiger partial charge in [-0.1, -0.05) is 6.07 Å². The number of anilines is 1. The van der Waals surface area contributed by atoms with Crippen molar-refractivity contribution in [3.05, 3.63) is 53.9 Å². The van der Waals surface area contributed by atoms with E-state index in [0.29, 0.717) is 5.69 Å². The Morgan fingerprint density at radius 1 is 1.32 bits per heavy atom. The van der Waals surface area contributed by atoms with Crippen molar-refractivity contribution in [3.63, 3.8) is 0 Å². The van der Waals surface area contributed by atoms with E-state index in [1.165, 1.54) is 23.1 Å². The molecule has 0 unspecified atom stereocenters. The fourth-order valence-electron chi connectivity index (χ4n) is 1.69. The first kappa shape index (κ1) is 15.4. The van der Waals surface area contributed by atoms with E-state index in [4.69, 9.17) is 5.73 Å². The van der Waals surface area contributed by atoms with Crippen molar-refractivity contribution in [1.82, 2.24) is 9.78 Å². The SMILES string of the molecule is NC(=O)Cn1cc(NC(=O)/C=C\c2c(F)cccc2F)cn1. The molecule has 22 heavy (non-hydrogen) atoms. The summed E-state index contributed by atoms with van der Waals surface area (Å²) in [6.07, 6.45) is 4.75. The summed E-state index contributed by atoms with van der Waals surface area (Å²) in [5.74, 6) is -2.70. The molecule has 2 rings (SSSR count). The molecule has 1 aromatic carbocycles. The summed E-state index contributed by atoms with van der Waals surface area (Å²) in [4.78, 5) is 22.4. The first-order valence-electron chi connectivity index (χ1n) is 6.19. The summed E-state index contributed by atoms with van der Waals surface area (Å²) in [7, 11) is 0. The Bertz CT molecular complexity index is 720. The normalized spacial score (nSPS) is 10.8. The zero-order valence-corrected chi connectivity index (χ0v) is 11.3. The molecule has 114 valence electrons. The Kier molecular flexibility index (Phi) is 4.62. The lowest BCUT2D eigenvalue weighted by molar-refractivity contribution is -0.118. The molecular formula is C14H12F2N4O2. The maximum absolute atomic E-state index is 13.4. The zero-order chi connectivity index (χ0) is 16.1. The van der Waals surface area contributed by atoms with Gasteiger partial charge in [0.25, 0.3) is 0 Å². The van der Waals surface area contributed by atoms with Crippen LogP contribution in [-0.4, -0.2) is 21.6 Å². The molecule has 0 fully saturated rings. The highest BCUT2D eigenvalue weighted by molar-refractivity contribution is 6.01. The number of halogens is 2. The lowest BCUT2D eigenvalue weighted by Gasteiger charge is -1.99. The molecule has 3 N–H and O–H groups in total. The minimum atomic E-state index is -0.765. The number of carbonyl (C=O) groups excluding carboxylic acids is 2. The highest BCUT2D eigenvalue weighted by Gasteiger charge is 2.06. The summed E-state index contributed by atoms with van der Waals surface area (Å²) in [5, 5.41) is 6.25. The Balaban J connectivity index is 2.02. The van der Waals surface area contributed by atoms with Gasteiger partial charge in [-0.15, -0.1) is 0 Å². The second-order valence-corrected chi connectivity index (χ2v) is 4.35. The molecule has 1 aromatic heterocycles. The quantitative estimate of drug-likeness (QED) is 0.816. The second-order valence-electron chi connectivity index (χ2n) is 4.35. The van der Waals surface area contributed by atoms with Crippen LogP contribution in [0.2, 0.25) is 0 Å². The summed E-state index contributed by atoms with van der Waals surface area (Å²) in [6, 6.07) is 3.41. The highest BCUT2D eigenvalue weighted by atomic mass is 19.1. The van der Waals surface area contributed by atoms with Gasteiger partial charge in [-0.05, 0) is 18.2 Å². The van der Waals surface area contributed by atoms with Gasteiger partial charge in [-0.2, -0.15) is 5.10 Å². The third-order valence-corrected chi connectivity index (χ3v) is 2.62. The molecule has 0 saturated heterocycles. The minimum Gasteiger partial charge on any atom is -0.368 e. The number of rotatable bonds is 5. The fraction of sp³-hybridized carbons (Fsp3) is 0.0714. The van der Waals surface area contributed by atoms with Crippen molar-refractivity contribution < 1.29 is 18.4 Å². The molecule has 6 nitrogen and oxygen atoms in total. The number of aromatic nitrogens is 2. The first-order valence-corrected chi connectivity index (χ1v) is 6.19. The molecule has 0 atom stereocenters. The van der Waals surface area contributed by atoms with Crippen LogP contribution in [0, 0.1) is 11.6 Å². The number of nitrogens with zero attached hydrogens (tertiary/aromatic N) is 2. The molecule has 0 aliphatic heterocycles. The van der Waals surface area contributed by atoms with Gasteiger partial charge >= 0.3 is 0 Å². The minimum absolute atomic E-state index is 0.119. The third kappa shape index (κ3) is 3.98. The van der Waals surface area contributed by atoms with Crippen LogP contribution in [0.4, 0.5) is 14.5 Å². The zero-order valence-electron chi connectivity index (χ0n) is 11.3. The van der Waals surface area contributed by atoms with Gasteiger partial charge < -0.3 is 11.1 Å². The van der Waals surface area contributed by atoms with E-state index in [1.54, 1.807) is 0 Å². The highest BCUT2D eigenvalue weighted by Crippen LogP contribution is 2.14. The van der Waals surface area contributed by atoms with Crippen LogP contribution < -0.4 is 11.1 Å². The van der Waals surface area contributed by atoms with E-state index < -0.39 is 23.4 Å². The van der Waals surface area contributed by atoms with Gasteiger partial charge in [0.1, 0.15) is 18.2 Å². The molecule has 0 radical (unpaired) electrons. The molecular weight excluding hydrogens is 294 g/mol. The van der Waals surface area contributed by atoms with Gasteiger partial charge in [0, 0.05) is 17.8 Å². The number of hydrogen-bond donors (Lipinski definition) is 2. The lowest BCUT2D eigenvalue weighted by atomic mass is 10.2. The van der Waals surface area contributed by atoms with E-state index in [2.05, 4.69) is 10.4 Å². The maximum Gasteiger partial charge on any atom is 0.248 e. The van der Waals surface area contributed by atoms with Crippen LogP contribution in [-0.2, 0) is 16.1 Å². The van der Waals surface area contributed by atoms with E-state index >= 15 is 0 Å². The molecule has 0 saturated carbocycles. The number of nitrogens with one attached hydrogen (secondary N) is 1. The second kappa shape index (κ2) is 6.61. The molecule has 1 heterocycles. The van der Waals surface area contributed by atoms with Gasteiger partial charge in [0.15, 0.2) is 0 Å². The van der Waals surface area contributed by atoms with Gasteiger partial charge in [0.2, 0.25) is 11.8 Å². The van der Waals surface area contributed by atoms with E-state index in [-0.39, 0.29) is 12.1 Å². The Hall–Kier alpha value is -3.03. The topological polar surface area (TPSA) is 90.0 Å². The summed E-state index contributed by atoms with van der Waals surface area (Å²) < 4.78 is 28.0. The predicted molar refractivity (Wildman–Crippen MR) is 75.4 cm³/mol. The number of carbonyl (C=O) groups is 2. The predicted octanol–water partition coefficient (Wildman–Crippen LogP) is 1.30. The van der Waals surface area contributed by atoms with E-state index in [1.807, 2.05) is 0 Å². The van der Waals surface area contributed by atoms with Crippen LogP contribution in [0.3, 0.4) is 0 Å². The smallest absolute Gasteiger partial charge is 0.248 e.